The standard InChI is InChI=1S/C17H26O2/c1-4-6-7-13(5-2)12-19-17-11-14-8-9-15(17)10-16(14)18-3/h8-11,13-15H,4-7,12H2,1-3H3. The molecule has 0 aromatic rings. The fourth-order valence-corrected chi connectivity index (χ4v) is 2.74. The molecule has 0 amide bonds. The molecule has 0 heterocycles. The number of ether oxygens (including phenoxy) is 2. The fourth-order valence-electron chi connectivity index (χ4n) is 2.74. The first kappa shape index (κ1) is 14.2. The Bertz CT molecular complexity index is 379. The van der Waals surface area contributed by atoms with E-state index in [1.807, 2.05) is 0 Å². The Balaban J connectivity index is 1.85. The van der Waals surface area contributed by atoms with Gasteiger partial charge in [0.25, 0.3) is 0 Å². The molecule has 106 valence electrons. The number of hydrogen-bond acceptors (Lipinski definition) is 2. The summed E-state index contributed by atoms with van der Waals surface area (Å²) in [6.07, 6.45) is 13.9. The maximum Gasteiger partial charge on any atom is 0.104 e. The molecule has 3 rings (SSSR count). The fraction of sp³-hybridized carbons (Fsp3) is 0.647. The van der Waals surface area contributed by atoms with Crippen LogP contribution in [-0.4, -0.2) is 13.7 Å². The molecule has 2 heteroatoms. The van der Waals surface area contributed by atoms with E-state index in [1.165, 1.54) is 25.7 Å². The molecule has 3 aliphatic rings. The van der Waals surface area contributed by atoms with Crippen molar-refractivity contribution in [3.8, 4) is 0 Å². The molecule has 0 N–H and O–H groups in total. The van der Waals surface area contributed by atoms with E-state index in [9.17, 15) is 0 Å². The summed E-state index contributed by atoms with van der Waals surface area (Å²) in [5, 5.41) is 0. The van der Waals surface area contributed by atoms with Gasteiger partial charge in [0.15, 0.2) is 0 Å². The minimum Gasteiger partial charge on any atom is -0.500 e. The van der Waals surface area contributed by atoms with E-state index in [0.29, 0.717) is 5.92 Å². The van der Waals surface area contributed by atoms with Crippen molar-refractivity contribution in [3.05, 3.63) is 35.8 Å². The predicted octanol–water partition coefficient (Wildman–Crippen LogP) is 4.45. The van der Waals surface area contributed by atoms with Crippen LogP contribution in [0.3, 0.4) is 0 Å². The molecule has 2 nitrogen and oxygen atoms in total. The average Bonchev–Trinajstić information content (AvgIpc) is 2.48. The van der Waals surface area contributed by atoms with Gasteiger partial charge in [0.05, 0.1) is 25.6 Å². The molecular weight excluding hydrogens is 236 g/mol. The predicted molar refractivity (Wildman–Crippen MR) is 78.6 cm³/mol. The summed E-state index contributed by atoms with van der Waals surface area (Å²) in [7, 11) is 1.74. The Kier molecular flexibility index (Phi) is 5.12. The van der Waals surface area contributed by atoms with Gasteiger partial charge < -0.3 is 9.47 Å². The lowest BCUT2D eigenvalue weighted by atomic mass is 9.85. The topological polar surface area (TPSA) is 18.5 Å². The lowest BCUT2D eigenvalue weighted by molar-refractivity contribution is 0.136. The third-order valence-electron chi connectivity index (χ3n) is 4.14. The summed E-state index contributed by atoms with van der Waals surface area (Å²) in [6, 6.07) is 0. The van der Waals surface area contributed by atoms with Gasteiger partial charge in [0.1, 0.15) is 11.5 Å². The van der Waals surface area contributed by atoms with Gasteiger partial charge in [-0.1, -0.05) is 45.3 Å². The third-order valence-corrected chi connectivity index (χ3v) is 4.14. The lowest BCUT2D eigenvalue weighted by Gasteiger charge is -2.30. The summed E-state index contributed by atoms with van der Waals surface area (Å²) in [5.41, 5.74) is 0. The van der Waals surface area contributed by atoms with Gasteiger partial charge in [-0.3, -0.25) is 0 Å². The molecule has 0 aromatic carbocycles. The van der Waals surface area contributed by atoms with E-state index in [-0.39, 0.29) is 11.8 Å². The Morgan fingerprint density at radius 3 is 2.32 bits per heavy atom. The first-order chi connectivity index (χ1) is 9.28. The maximum absolute atomic E-state index is 6.07. The van der Waals surface area contributed by atoms with Gasteiger partial charge in [-0.05, 0) is 24.5 Å². The Labute approximate surface area is 117 Å². The van der Waals surface area contributed by atoms with Crippen molar-refractivity contribution in [2.24, 2.45) is 17.8 Å². The second kappa shape index (κ2) is 6.83. The summed E-state index contributed by atoms with van der Waals surface area (Å²) in [6.45, 7) is 5.36. The van der Waals surface area contributed by atoms with E-state index in [0.717, 1.165) is 18.1 Å². The first-order valence-electron chi connectivity index (χ1n) is 7.57. The average molecular weight is 262 g/mol. The van der Waals surface area contributed by atoms with E-state index >= 15 is 0 Å². The molecule has 0 saturated heterocycles. The summed E-state index contributed by atoms with van der Waals surface area (Å²) < 4.78 is 11.5. The van der Waals surface area contributed by atoms with Crippen LogP contribution in [0.4, 0.5) is 0 Å². The molecule has 19 heavy (non-hydrogen) atoms. The van der Waals surface area contributed by atoms with Crippen molar-refractivity contribution in [1.82, 2.24) is 0 Å². The maximum atomic E-state index is 6.07. The molecule has 2 bridgehead atoms. The summed E-state index contributed by atoms with van der Waals surface area (Å²) in [5.74, 6) is 3.42. The smallest absolute Gasteiger partial charge is 0.104 e. The molecule has 0 fully saturated rings. The number of hydrogen-bond donors (Lipinski definition) is 0. The van der Waals surface area contributed by atoms with Crippen LogP contribution in [0.15, 0.2) is 35.8 Å². The minimum atomic E-state index is 0.278. The zero-order valence-electron chi connectivity index (χ0n) is 12.4. The van der Waals surface area contributed by atoms with Crippen LogP contribution in [0.2, 0.25) is 0 Å². The first-order valence-corrected chi connectivity index (χ1v) is 7.57. The van der Waals surface area contributed by atoms with Gasteiger partial charge in [-0.15, -0.1) is 0 Å². The molecular formula is C17H26O2. The second-order valence-electron chi connectivity index (χ2n) is 5.51. The molecule has 3 unspecified atom stereocenters. The van der Waals surface area contributed by atoms with E-state index < -0.39 is 0 Å². The van der Waals surface area contributed by atoms with Crippen LogP contribution in [0, 0.1) is 17.8 Å². The van der Waals surface area contributed by atoms with Gasteiger partial charge in [0, 0.05) is 0 Å². The lowest BCUT2D eigenvalue weighted by Crippen LogP contribution is -2.20. The van der Waals surface area contributed by atoms with Crippen LogP contribution in [0.1, 0.15) is 39.5 Å². The summed E-state index contributed by atoms with van der Waals surface area (Å²) in [4.78, 5) is 0. The number of unbranched alkanes of at least 4 members (excludes halogenated alkanes) is 1. The highest BCUT2D eigenvalue weighted by molar-refractivity contribution is 5.35. The van der Waals surface area contributed by atoms with Crippen LogP contribution in [-0.2, 0) is 9.47 Å². The largest absolute Gasteiger partial charge is 0.500 e. The second-order valence-corrected chi connectivity index (χ2v) is 5.51. The van der Waals surface area contributed by atoms with E-state index in [2.05, 4.69) is 38.2 Å². The number of methoxy groups -OCH3 is 1. The zero-order valence-corrected chi connectivity index (χ0v) is 12.4. The van der Waals surface area contributed by atoms with Gasteiger partial charge in [-0.2, -0.15) is 0 Å². The molecule has 0 aliphatic heterocycles. The van der Waals surface area contributed by atoms with Crippen molar-refractivity contribution < 1.29 is 9.47 Å². The molecule has 0 spiro atoms. The van der Waals surface area contributed by atoms with Crippen molar-refractivity contribution in [2.45, 2.75) is 39.5 Å². The van der Waals surface area contributed by atoms with Crippen molar-refractivity contribution in [1.29, 1.82) is 0 Å². The monoisotopic (exact) mass is 262 g/mol. The SMILES string of the molecule is CCCCC(CC)COC1=CC2C=CC1C=C2OC. The van der Waals surface area contributed by atoms with E-state index in [4.69, 9.17) is 9.47 Å². The highest BCUT2D eigenvalue weighted by atomic mass is 16.5. The highest BCUT2D eigenvalue weighted by Gasteiger charge is 2.27. The van der Waals surface area contributed by atoms with Gasteiger partial charge >= 0.3 is 0 Å². The number of rotatable bonds is 8. The van der Waals surface area contributed by atoms with Crippen LogP contribution >= 0.6 is 0 Å². The van der Waals surface area contributed by atoms with Crippen molar-refractivity contribution in [3.63, 3.8) is 0 Å². The van der Waals surface area contributed by atoms with Gasteiger partial charge in [0.2, 0.25) is 0 Å². The zero-order chi connectivity index (χ0) is 13.7. The van der Waals surface area contributed by atoms with Crippen LogP contribution < -0.4 is 0 Å². The van der Waals surface area contributed by atoms with Crippen LogP contribution in [0.25, 0.3) is 0 Å². The third kappa shape index (κ3) is 3.43. The van der Waals surface area contributed by atoms with Crippen molar-refractivity contribution >= 4 is 0 Å². The molecule has 0 aromatic heterocycles. The van der Waals surface area contributed by atoms with Crippen molar-refractivity contribution in [2.75, 3.05) is 13.7 Å². The quantitative estimate of drug-likeness (QED) is 0.602. The Morgan fingerprint density at radius 1 is 1.11 bits per heavy atom. The van der Waals surface area contributed by atoms with Gasteiger partial charge in [-0.25, -0.2) is 0 Å². The molecule has 3 atom stereocenters. The molecule has 0 radical (unpaired) electrons. The Morgan fingerprint density at radius 2 is 1.79 bits per heavy atom. The minimum absolute atomic E-state index is 0.278. The highest BCUT2D eigenvalue weighted by Crippen LogP contribution is 2.36. The summed E-state index contributed by atoms with van der Waals surface area (Å²) >= 11 is 0. The normalized spacial score (nSPS) is 25.8. The van der Waals surface area contributed by atoms with Crippen LogP contribution in [0.5, 0.6) is 0 Å². The molecule has 3 aliphatic carbocycles. The van der Waals surface area contributed by atoms with E-state index in [1.54, 1.807) is 7.11 Å². The molecule has 0 saturated carbocycles. The number of allylic oxidation sites excluding steroid dienone is 2. The Hall–Kier alpha value is -1.18.